The normalized spacial score (nSPS) is 11.0. The zero-order valence-electron chi connectivity index (χ0n) is 12.8. The fraction of sp³-hybridized carbons (Fsp3) is 0.500. The molecule has 1 rings (SSSR count). The van der Waals surface area contributed by atoms with Crippen LogP contribution in [0.5, 0.6) is 0 Å². The van der Waals surface area contributed by atoms with Gasteiger partial charge in [-0.3, -0.25) is 4.31 Å². The Labute approximate surface area is 126 Å². The lowest BCUT2D eigenvalue weighted by molar-refractivity contribution is 0.152. The third-order valence-electron chi connectivity index (χ3n) is 2.75. The van der Waals surface area contributed by atoms with Crippen molar-refractivity contribution in [1.82, 2.24) is 5.32 Å². The van der Waals surface area contributed by atoms with Crippen LogP contribution in [0.3, 0.4) is 0 Å². The number of benzene rings is 1. The molecule has 1 aromatic carbocycles. The molecular weight excluding hydrogens is 292 g/mol. The standard InChI is InChI=1S/C14H22N2O4S/c1-5-20-14(17)15-6-7-16(21(4,18)19)13-9-11(2)8-12(3)10-13/h8-10H,5-7H2,1-4H3,(H,15,17). The highest BCUT2D eigenvalue weighted by molar-refractivity contribution is 7.92. The van der Waals surface area contributed by atoms with E-state index >= 15 is 0 Å². The van der Waals surface area contributed by atoms with Crippen molar-refractivity contribution in [3.63, 3.8) is 0 Å². The lowest BCUT2D eigenvalue weighted by Gasteiger charge is -2.23. The Hall–Kier alpha value is -1.76. The van der Waals surface area contributed by atoms with Gasteiger partial charge >= 0.3 is 6.09 Å². The van der Waals surface area contributed by atoms with Crippen LogP contribution >= 0.6 is 0 Å². The predicted octanol–water partition coefficient (Wildman–Crippen LogP) is 1.82. The van der Waals surface area contributed by atoms with E-state index in [1.54, 1.807) is 19.1 Å². The summed E-state index contributed by atoms with van der Waals surface area (Å²) in [6.45, 7) is 6.14. The van der Waals surface area contributed by atoms with Crippen LogP contribution in [0.4, 0.5) is 10.5 Å². The first-order valence-corrected chi connectivity index (χ1v) is 8.55. The van der Waals surface area contributed by atoms with E-state index in [-0.39, 0.29) is 19.7 Å². The van der Waals surface area contributed by atoms with Crippen LogP contribution < -0.4 is 9.62 Å². The molecule has 1 aromatic rings. The van der Waals surface area contributed by atoms with Gasteiger partial charge in [0.15, 0.2) is 0 Å². The Morgan fingerprint density at radius 1 is 1.24 bits per heavy atom. The fourth-order valence-electron chi connectivity index (χ4n) is 2.02. The van der Waals surface area contributed by atoms with E-state index in [4.69, 9.17) is 4.74 Å². The van der Waals surface area contributed by atoms with Crippen molar-refractivity contribution < 1.29 is 17.9 Å². The van der Waals surface area contributed by atoms with Gasteiger partial charge in [-0.2, -0.15) is 0 Å². The van der Waals surface area contributed by atoms with Crippen LogP contribution in [0.1, 0.15) is 18.1 Å². The molecule has 118 valence electrons. The third-order valence-corrected chi connectivity index (χ3v) is 3.95. The van der Waals surface area contributed by atoms with Crippen molar-refractivity contribution in [2.24, 2.45) is 0 Å². The summed E-state index contributed by atoms with van der Waals surface area (Å²) >= 11 is 0. The Morgan fingerprint density at radius 2 is 1.81 bits per heavy atom. The maximum Gasteiger partial charge on any atom is 0.407 e. The van der Waals surface area contributed by atoms with Crippen molar-refractivity contribution in [1.29, 1.82) is 0 Å². The largest absolute Gasteiger partial charge is 0.450 e. The summed E-state index contributed by atoms with van der Waals surface area (Å²) in [5.41, 5.74) is 2.56. The predicted molar refractivity (Wildman–Crippen MR) is 83.1 cm³/mol. The Kier molecular flexibility index (Phi) is 6.02. The minimum Gasteiger partial charge on any atom is -0.450 e. The molecule has 0 heterocycles. The van der Waals surface area contributed by atoms with Gasteiger partial charge in [-0.15, -0.1) is 0 Å². The molecule has 0 radical (unpaired) electrons. The molecule has 7 heteroatoms. The molecule has 0 saturated heterocycles. The molecule has 0 aliphatic rings. The summed E-state index contributed by atoms with van der Waals surface area (Å²) in [6, 6.07) is 5.58. The molecule has 21 heavy (non-hydrogen) atoms. The maximum absolute atomic E-state index is 11.9. The van der Waals surface area contributed by atoms with Crippen molar-refractivity contribution in [3.8, 4) is 0 Å². The maximum atomic E-state index is 11.9. The first-order chi connectivity index (χ1) is 9.74. The summed E-state index contributed by atoms with van der Waals surface area (Å²) < 4.78 is 29.9. The Bertz CT molecular complexity index is 579. The van der Waals surface area contributed by atoms with Gasteiger partial charge in [-0.25, -0.2) is 13.2 Å². The highest BCUT2D eigenvalue weighted by atomic mass is 32.2. The van der Waals surface area contributed by atoms with Crippen LogP contribution in [0.2, 0.25) is 0 Å². The number of carbonyl (C=O) groups excluding carboxylic acids is 1. The number of aryl methyl sites for hydroxylation is 2. The van der Waals surface area contributed by atoms with Gasteiger partial charge in [0.05, 0.1) is 25.1 Å². The fourth-order valence-corrected chi connectivity index (χ4v) is 2.93. The Balaban J connectivity index is 2.85. The number of sulfonamides is 1. The highest BCUT2D eigenvalue weighted by Gasteiger charge is 2.18. The second-order valence-electron chi connectivity index (χ2n) is 4.83. The number of ether oxygens (including phenoxy) is 1. The molecule has 0 bridgehead atoms. The van der Waals surface area contributed by atoms with E-state index in [9.17, 15) is 13.2 Å². The van der Waals surface area contributed by atoms with Gasteiger partial charge in [-0.1, -0.05) is 6.07 Å². The van der Waals surface area contributed by atoms with Crippen LogP contribution in [0, 0.1) is 13.8 Å². The number of nitrogens with one attached hydrogen (secondary N) is 1. The molecule has 0 atom stereocenters. The molecule has 0 aromatic heterocycles. The average Bonchev–Trinajstić information content (AvgIpc) is 2.32. The second-order valence-corrected chi connectivity index (χ2v) is 6.74. The number of alkyl carbamates (subject to hydrolysis) is 1. The zero-order chi connectivity index (χ0) is 16.0. The molecule has 1 N–H and O–H groups in total. The summed E-state index contributed by atoms with van der Waals surface area (Å²) in [7, 11) is -3.42. The van der Waals surface area contributed by atoms with E-state index in [0.717, 1.165) is 17.4 Å². The number of rotatable bonds is 6. The van der Waals surface area contributed by atoms with Crippen molar-refractivity contribution in [3.05, 3.63) is 29.3 Å². The summed E-state index contributed by atoms with van der Waals surface area (Å²) in [4.78, 5) is 11.2. The van der Waals surface area contributed by atoms with E-state index in [1.807, 2.05) is 19.9 Å². The van der Waals surface area contributed by atoms with E-state index in [1.165, 1.54) is 4.31 Å². The number of amides is 1. The number of nitrogens with zero attached hydrogens (tertiary/aromatic N) is 1. The van der Waals surface area contributed by atoms with Crippen molar-refractivity contribution in [2.45, 2.75) is 20.8 Å². The molecular formula is C14H22N2O4S. The molecule has 0 fully saturated rings. The number of hydrogen-bond donors (Lipinski definition) is 1. The molecule has 0 aliphatic carbocycles. The highest BCUT2D eigenvalue weighted by Crippen LogP contribution is 2.20. The summed E-state index contributed by atoms with van der Waals surface area (Å²) in [6.07, 6.45) is 0.598. The zero-order valence-corrected chi connectivity index (χ0v) is 13.7. The number of anilines is 1. The minimum absolute atomic E-state index is 0.153. The van der Waals surface area contributed by atoms with Crippen LogP contribution in [-0.2, 0) is 14.8 Å². The van der Waals surface area contributed by atoms with E-state index in [2.05, 4.69) is 5.32 Å². The summed E-state index contributed by atoms with van der Waals surface area (Å²) in [5.74, 6) is 0. The molecule has 0 aliphatic heterocycles. The second kappa shape index (κ2) is 7.31. The van der Waals surface area contributed by atoms with Crippen LogP contribution in [-0.4, -0.2) is 40.5 Å². The molecule has 1 amide bonds. The Morgan fingerprint density at radius 3 is 2.29 bits per heavy atom. The number of carbonyl (C=O) groups is 1. The first kappa shape index (κ1) is 17.3. The van der Waals surface area contributed by atoms with Gasteiger partial charge in [0.2, 0.25) is 10.0 Å². The monoisotopic (exact) mass is 314 g/mol. The number of hydrogen-bond acceptors (Lipinski definition) is 4. The van der Waals surface area contributed by atoms with Gasteiger partial charge in [0.1, 0.15) is 0 Å². The minimum atomic E-state index is -3.42. The van der Waals surface area contributed by atoms with Gasteiger partial charge in [0.25, 0.3) is 0 Å². The van der Waals surface area contributed by atoms with Crippen molar-refractivity contribution >= 4 is 21.8 Å². The van der Waals surface area contributed by atoms with Gasteiger partial charge in [-0.05, 0) is 44.0 Å². The van der Waals surface area contributed by atoms with Gasteiger partial charge in [0, 0.05) is 6.54 Å². The molecule has 0 saturated carbocycles. The molecule has 0 unspecified atom stereocenters. The van der Waals surface area contributed by atoms with Gasteiger partial charge < -0.3 is 10.1 Å². The lowest BCUT2D eigenvalue weighted by atomic mass is 10.1. The molecule has 6 nitrogen and oxygen atoms in total. The third kappa shape index (κ3) is 5.63. The summed E-state index contributed by atoms with van der Waals surface area (Å²) in [5, 5.41) is 2.52. The van der Waals surface area contributed by atoms with E-state index in [0.29, 0.717) is 5.69 Å². The van der Waals surface area contributed by atoms with E-state index < -0.39 is 16.1 Å². The van der Waals surface area contributed by atoms with Crippen molar-refractivity contribution in [2.75, 3.05) is 30.3 Å². The first-order valence-electron chi connectivity index (χ1n) is 6.70. The SMILES string of the molecule is CCOC(=O)NCCN(c1cc(C)cc(C)c1)S(C)(=O)=O. The quantitative estimate of drug-likeness (QED) is 0.869. The lowest BCUT2D eigenvalue weighted by Crippen LogP contribution is -2.38. The average molecular weight is 314 g/mol. The topological polar surface area (TPSA) is 75.7 Å². The van der Waals surface area contributed by atoms with Crippen LogP contribution in [0.15, 0.2) is 18.2 Å². The molecule has 0 spiro atoms. The van der Waals surface area contributed by atoms with Crippen LogP contribution in [0.25, 0.3) is 0 Å². The smallest absolute Gasteiger partial charge is 0.407 e.